The SMILES string of the molecule is c1ccc(Cn2cc(-c3ccc4c(c3)OCO4)nn2)cc1. The highest BCUT2D eigenvalue weighted by Crippen LogP contribution is 2.35. The summed E-state index contributed by atoms with van der Waals surface area (Å²) >= 11 is 0. The van der Waals surface area contributed by atoms with Crippen molar-refractivity contribution in [2.75, 3.05) is 6.79 Å². The van der Waals surface area contributed by atoms with Gasteiger partial charge in [-0.1, -0.05) is 35.5 Å². The second kappa shape index (κ2) is 4.94. The number of nitrogens with zero attached hydrogens (tertiary/aromatic N) is 3. The lowest BCUT2D eigenvalue weighted by Crippen LogP contribution is -1.99. The van der Waals surface area contributed by atoms with E-state index in [1.165, 1.54) is 5.56 Å². The molecule has 0 unspecified atom stereocenters. The highest BCUT2D eigenvalue weighted by Gasteiger charge is 2.15. The van der Waals surface area contributed by atoms with E-state index in [0.717, 1.165) is 22.8 Å². The van der Waals surface area contributed by atoms with E-state index in [1.807, 2.05) is 47.3 Å². The van der Waals surface area contributed by atoms with Crippen LogP contribution in [0.15, 0.2) is 54.7 Å². The average Bonchev–Trinajstić information content (AvgIpc) is 3.16. The van der Waals surface area contributed by atoms with Crippen LogP contribution in [0.25, 0.3) is 11.3 Å². The summed E-state index contributed by atoms with van der Waals surface area (Å²) in [6, 6.07) is 16.0. The number of fused-ring (bicyclic) bond motifs is 1. The van der Waals surface area contributed by atoms with E-state index in [4.69, 9.17) is 9.47 Å². The van der Waals surface area contributed by atoms with E-state index in [2.05, 4.69) is 22.4 Å². The van der Waals surface area contributed by atoms with Gasteiger partial charge >= 0.3 is 0 Å². The van der Waals surface area contributed by atoms with Crippen LogP contribution in [0, 0.1) is 0 Å². The smallest absolute Gasteiger partial charge is 0.231 e. The molecule has 5 nitrogen and oxygen atoms in total. The Labute approximate surface area is 121 Å². The first-order valence-electron chi connectivity index (χ1n) is 6.72. The fraction of sp³-hybridized carbons (Fsp3) is 0.125. The summed E-state index contributed by atoms with van der Waals surface area (Å²) in [4.78, 5) is 0. The Morgan fingerprint density at radius 2 is 1.86 bits per heavy atom. The second-order valence-electron chi connectivity index (χ2n) is 4.86. The van der Waals surface area contributed by atoms with Gasteiger partial charge in [0.05, 0.1) is 12.7 Å². The monoisotopic (exact) mass is 279 g/mol. The van der Waals surface area contributed by atoms with Gasteiger partial charge in [0.25, 0.3) is 0 Å². The minimum absolute atomic E-state index is 0.277. The van der Waals surface area contributed by atoms with Gasteiger partial charge in [-0.05, 0) is 23.8 Å². The first kappa shape index (κ1) is 12.0. The van der Waals surface area contributed by atoms with Crippen molar-refractivity contribution >= 4 is 0 Å². The predicted molar refractivity (Wildman–Crippen MR) is 77.1 cm³/mol. The maximum absolute atomic E-state index is 5.39. The van der Waals surface area contributed by atoms with E-state index in [9.17, 15) is 0 Å². The second-order valence-corrected chi connectivity index (χ2v) is 4.86. The number of benzene rings is 2. The molecule has 0 radical (unpaired) electrons. The lowest BCUT2D eigenvalue weighted by atomic mass is 10.1. The molecule has 0 N–H and O–H groups in total. The van der Waals surface area contributed by atoms with Crippen molar-refractivity contribution in [3.8, 4) is 22.8 Å². The molecule has 4 rings (SSSR count). The van der Waals surface area contributed by atoms with E-state index in [1.54, 1.807) is 0 Å². The van der Waals surface area contributed by atoms with Gasteiger partial charge in [-0.3, -0.25) is 0 Å². The lowest BCUT2D eigenvalue weighted by Gasteiger charge is -2.00. The van der Waals surface area contributed by atoms with Crippen LogP contribution in [0.1, 0.15) is 5.56 Å². The molecule has 21 heavy (non-hydrogen) atoms. The Hall–Kier alpha value is -2.82. The van der Waals surface area contributed by atoms with Crippen molar-refractivity contribution in [2.24, 2.45) is 0 Å². The molecule has 104 valence electrons. The van der Waals surface area contributed by atoms with E-state index < -0.39 is 0 Å². The van der Waals surface area contributed by atoms with Crippen LogP contribution >= 0.6 is 0 Å². The summed E-state index contributed by atoms with van der Waals surface area (Å²) in [6.07, 6.45) is 1.94. The van der Waals surface area contributed by atoms with Crippen molar-refractivity contribution in [3.05, 3.63) is 60.3 Å². The quantitative estimate of drug-likeness (QED) is 0.739. The van der Waals surface area contributed by atoms with Crippen LogP contribution in [0.2, 0.25) is 0 Å². The summed E-state index contributed by atoms with van der Waals surface area (Å²) in [5.41, 5.74) is 2.99. The Morgan fingerprint density at radius 3 is 2.76 bits per heavy atom. The van der Waals surface area contributed by atoms with Crippen molar-refractivity contribution in [1.29, 1.82) is 0 Å². The Morgan fingerprint density at radius 1 is 1.00 bits per heavy atom. The zero-order valence-corrected chi connectivity index (χ0v) is 11.3. The molecule has 0 saturated carbocycles. The molecule has 1 aromatic heterocycles. The van der Waals surface area contributed by atoms with Crippen LogP contribution in [0.5, 0.6) is 11.5 Å². The Bertz CT molecular complexity index is 768. The number of rotatable bonds is 3. The molecule has 0 aliphatic carbocycles. The van der Waals surface area contributed by atoms with Crippen molar-refractivity contribution in [1.82, 2.24) is 15.0 Å². The number of aromatic nitrogens is 3. The standard InChI is InChI=1S/C16H13N3O2/c1-2-4-12(5-3-1)9-19-10-14(17-18-19)13-6-7-15-16(8-13)21-11-20-15/h1-8,10H,9,11H2. The van der Waals surface area contributed by atoms with Crippen molar-refractivity contribution in [2.45, 2.75) is 6.54 Å². The summed E-state index contributed by atoms with van der Waals surface area (Å²) in [5.74, 6) is 1.53. The van der Waals surface area contributed by atoms with Gasteiger partial charge in [0.15, 0.2) is 11.5 Å². The highest BCUT2D eigenvalue weighted by atomic mass is 16.7. The van der Waals surface area contributed by atoms with Gasteiger partial charge in [0.1, 0.15) is 5.69 Å². The predicted octanol–water partition coefficient (Wildman–Crippen LogP) is 2.72. The maximum Gasteiger partial charge on any atom is 0.231 e. The molecule has 1 aliphatic rings. The lowest BCUT2D eigenvalue weighted by molar-refractivity contribution is 0.174. The Kier molecular flexibility index (Phi) is 2.81. The fourth-order valence-electron chi connectivity index (χ4n) is 2.33. The summed E-state index contributed by atoms with van der Waals surface area (Å²) < 4.78 is 12.5. The molecular formula is C16H13N3O2. The Balaban J connectivity index is 1.59. The summed E-state index contributed by atoms with van der Waals surface area (Å²) in [5, 5.41) is 8.40. The summed E-state index contributed by atoms with van der Waals surface area (Å²) in [7, 11) is 0. The number of ether oxygens (including phenoxy) is 2. The zero-order valence-electron chi connectivity index (χ0n) is 11.3. The van der Waals surface area contributed by atoms with Crippen molar-refractivity contribution in [3.63, 3.8) is 0 Å². The highest BCUT2D eigenvalue weighted by molar-refractivity contribution is 5.63. The number of hydrogen-bond acceptors (Lipinski definition) is 4. The third kappa shape index (κ3) is 2.33. The van der Waals surface area contributed by atoms with Crippen LogP contribution < -0.4 is 9.47 Å². The largest absolute Gasteiger partial charge is 0.454 e. The minimum Gasteiger partial charge on any atom is -0.454 e. The molecule has 0 atom stereocenters. The first-order chi connectivity index (χ1) is 10.4. The van der Waals surface area contributed by atoms with E-state index in [0.29, 0.717) is 6.54 Å². The fourth-order valence-corrected chi connectivity index (χ4v) is 2.33. The van der Waals surface area contributed by atoms with Gasteiger partial charge < -0.3 is 9.47 Å². The van der Waals surface area contributed by atoms with E-state index in [-0.39, 0.29) is 6.79 Å². The summed E-state index contributed by atoms with van der Waals surface area (Å²) in [6.45, 7) is 0.984. The molecule has 2 aromatic carbocycles. The molecular weight excluding hydrogens is 266 g/mol. The first-order valence-corrected chi connectivity index (χ1v) is 6.72. The number of hydrogen-bond donors (Lipinski definition) is 0. The normalized spacial score (nSPS) is 12.6. The van der Waals surface area contributed by atoms with Crippen LogP contribution in [0.3, 0.4) is 0 Å². The molecule has 0 spiro atoms. The van der Waals surface area contributed by atoms with Gasteiger partial charge in [0, 0.05) is 5.56 Å². The molecule has 0 saturated heterocycles. The topological polar surface area (TPSA) is 49.2 Å². The van der Waals surface area contributed by atoms with Crippen LogP contribution in [-0.2, 0) is 6.54 Å². The van der Waals surface area contributed by atoms with Gasteiger partial charge in [-0.15, -0.1) is 5.10 Å². The molecule has 0 amide bonds. The zero-order chi connectivity index (χ0) is 14.1. The molecule has 2 heterocycles. The average molecular weight is 279 g/mol. The molecule has 3 aromatic rings. The molecule has 1 aliphatic heterocycles. The van der Waals surface area contributed by atoms with Crippen molar-refractivity contribution < 1.29 is 9.47 Å². The minimum atomic E-state index is 0.277. The maximum atomic E-state index is 5.39. The molecule has 5 heteroatoms. The molecule has 0 fully saturated rings. The van der Waals surface area contributed by atoms with Gasteiger partial charge in [-0.25, -0.2) is 4.68 Å². The van der Waals surface area contributed by atoms with Gasteiger partial charge in [0.2, 0.25) is 6.79 Å². The van der Waals surface area contributed by atoms with Crippen LogP contribution in [-0.4, -0.2) is 21.8 Å². The molecule has 0 bridgehead atoms. The van der Waals surface area contributed by atoms with Gasteiger partial charge in [-0.2, -0.15) is 0 Å². The van der Waals surface area contributed by atoms with Crippen LogP contribution in [0.4, 0.5) is 0 Å². The third-order valence-electron chi connectivity index (χ3n) is 3.39. The third-order valence-corrected chi connectivity index (χ3v) is 3.39. The van der Waals surface area contributed by atoms with E-state index >= 15 is 0 Å².